The fourth-order valence-corrected chi connectivity index (χ4v) is 2.34. The summed E-state index contributed by atoms with van der Waals surface area (Å²) in [6.07, 6.45) is 4.13. The Labute approximate surface area is 114 Å². The first-order chi connectivity index (χ1) is 9.22. The molecule has 1 unspecified atom stereocenters. The van der Waals surface area contributed by atoms with E-state index in [1.807, 2.05) is 20.2 Å². The van der Waals surface area contributed by atoms with E-state index in [4.69, 9.17) is 9.47 Å². The molecule has 5 nitrogen and oxygen atoms in total. The Morgan fingerprint density at radius 3 is 3.00 bits per heavy atom. The molecule has 5 heteroatoms. The van der Waals surface area contributed by atoms with Gasteiger partial charge in [-0.1, -0.05) is 0 Å². The molecule has 0 spiro atoms. The molecule has 1 fully saturated rings. The molecule has 1 aliphatic heterocycles. The van der Waals surface area contributed by atoms with Crippen LogP contribution in [0, 0.1) is 5.92 Å². The minimum Gasteiger partial charge on any atom is -0.479 e. The Morgan fingerprint density at radius 1 is 1.53 bits per heavy atom. The molecule has 1 aromatic rings. The molecule has 1 aliphatic rings. The molecule has 0 aromatic carbocycles. The van der Waals surface area contributed by atoms with Gasteiger partial charge in [0.25, 0.3) is 0 Å². The number of nitrogens with one attached hydrogen (secondary N) is 1. The summed E-state index contributed by atoms with van der Waals surface area (Å²) in [4.78, 5) is 6.32. The number of pyridine rings is 1. The van der Waals surface area contributed by atoms with Crippen molar-refractivity contribution >= 4 is 11.4 Å². The summed E-state index contributed by atoms with van der Waals surface area (Å²) in [7, 11) is 5.68. The van der Waals surface area contributed by atoms with Crippen molar-refractivity contribution in [1.29, 1.82) is 0 Å². The summed E-state index contributed by atoms with van der Waals surface area (Å²) in [6, 6.07) is 1.99. The maximum Gasteiger partial charge on any atom is 0.239 e. The van der Waals surface area contributed by atoms with Gasteiger partial charge < -0.3 is 19.7 Å². The van der Waals surface area contributed by atoms with Gasteiger partial charge in [0.2, 0.25) is 5.88 Å². The van der Waals surface area contributed by atoms with Crippen molar-refractivity contribution in [2.75, 3.05) is 51.2 Å². The molecular formula is C14H23N3O2. The molecule has 0 bridgehead atoms. The summed E-state index contributed by atoms with van der Waals surface area (Å²) in [5.74, 6) is 1.21. The smallest absolute Gasteiger partial charge is 0.239 e. The number of aromatic nitrogens is 1. The fourth-order valence-electron chi connectivity index (χ4n) is 2.34. The Kier molecular flexibility index (Phi) is 4.85. The predicted octanol–water partition coefficient (Wildman–Crippen LogP) is 1.99. The van der Waals surface area contributed by atoms with E-state index in [0.717, 1.165) is 37.6 Å². The summed E-state index contributed by atoms with van der Waals surface area (Å²) in [6.45, 7) is 2.63. The van der Waals surface area contributed by atoms with Gasteiger partial charge in [0, 0.05) is 33.4 Å². The van der Waals surface area contributed by atoms with Crippen LogP contribution in [0.3, 0.4) is 0 Å². The molecular weight excluding hydrogens is 242 g/mol. The van der Waals surface area contributed by atoms with Crippen LogP contribution in [0.25, 0.3) is 0 Å². The van der Waals surface area contributed by atoms with E-state index in [-0.39, 0.29) is 0 Å². The molecule has 2 heterocycles. The first-order valence-corrected chi connectivity index (χ1v) is 6.74. The number of ether oxygens (including phenoxy) is 2. The van der Waals surface area contributed by atoms with Crippen LogP contribution < -0.4 is 15.0 Å². The third-order valence-corrected chi connectivity index (χ3v) is 3.39. The van der Waals surface area contributed by atoms with Crippen LogP contribution in [0.1, 0.15) is 12.8 Å². The Morgan fingerprint density at radius 2 is 2.37 bits per heavy atom. The summed E-state index contributed by atoms with van der Waals surface area (Å²) < 4.78 is 10.9. The first-order valence-electron chi connectivity index (χ1n) is 6.74. The van der Waals surface area contributed by atoms with E-state index >= 15 is 0 Å². The van der Waals surface area contributed by atoms with Gasteiger partial charge in [0.05, 0.1) is 19.4 Å². The molecule has 2 rings (SSSR count). The second-order valence-corrected chi connectivity index (χ2v) is 5.07. The molecule has 1 aromatic heterocycles. The van der Waals surface area contributed by atoms with Crippen LogP contribution in [0.15, 0.2) is 12.3 Å². The van der Waals surface area contributed by atoms with E-state index in [0.29, 0.717) is 11.8 Å². The van der Waals surface area contributed by atoms with Gasteiger partial charge in [0.15, 0.2) is 0 Å². The van der Waals surface area contributed by atoms with E-state index in [9.17, 15) is 0 Å². The highest BCUT2D eigenvalue weighted by molar-refractivity contribution is 5.74. The number of hydrogen-bond donors (Lipinski definition) is 1. The monoisotopic (exact) mass is 265 g/mol. The van der Waals surface area contributed by atoms with Crippen LogP contribution in [-0.2, 0) is 4.74 Å². The third-order valence-electron chi connectivity index (χ3n) is 3.39. The molecule has 0 aliphatic carbocycles. The molecule has 1 N–H and O–H groups in total. The molecule has 19 heavy (non-hydrogen) atoms. The molecule has 106 valence electrons. The van der Waals surface area contributed by atoms with Gasteiger partial charge in [-0.05, 0) is 24.8 Å². The Bertz CT molecular complexity index is 404. The van der Waals surface area contributed by atoms with Crippen molar-refractivity contribution in [3.8, 4) is 5.88 Å². The lowest BCUT2D eigenvalue weighted by molar-refractivity contribution is 0.0595. The molecule has 1 atom stereocenters. The Balaban J connectivity index is 2.08. The average Bonchev–Trinajstić information content (AvgIpc) is 2.45. The second-order valence-electron chi connectivity index (χ2n) is 5.07. The van der Waals surface area contributed by atoms with E-state index in [1.54, 1.807) is 13.3 Å². The van der Waals surface area contributed by atoms with Crippen molar-refractivity contribution in [1.82, 2.24) is 4.98 Å². The van der Waals surface area contributed by atoms with Crippen molar-refractivity contribution in [2.24, 2.45) is 5.92 Å². The summed E-state index contributed by atoms with van der Waals surface area (Å²) >= 11 is 0. The molecule has 0 radical (unpaired) electrons. The first kappa shape index (κ1) is 13.9. The zero-order chi connectivity index (χ0) is 13.7. The van der Waals surface area contributed by atoms with Crippen molar-refractivity contribution < 1.29 is 9.47 Å². The maximum atomic E-state index is 5.51. The van der Waals surface area contributed by atoms with Crippen molar-refractivity contribution in [3.05, 3.63) is 12.3 Å². The van der Waals surface area contributed by atoms with Gasteiger partial charge in [-0.15, -0.1) is 0 Å². The lowest BCUT2D eigenvalue weighted by Gasteiger charge is -2.25. The summed E-state index contributed by atoms with van der Waals surface area (Å²) in [5, 5.41) is 3.47. The normalized spacial score (nSPS) is 19.0. The lowest BCUT2D eigenvalue weighted by Crippen LogP contribution is -2.25. The molecule has 1 saturated heterocycles. The third kappa shape index (κ3) is 3.50. The molecule has 0 amide bonds. The largest absolute Gasteiger partial charge is 0.479 e. The number of methoxy groups -OCH3 is 1. The minimum atomic E-state index is 0.564. The van der Waals surface area contributed by atoms with Gasteiger partial charge >= 0.3 is 0 Å². The van der Waals surface area contributed by atoms with Gasteiger partial charge in [-0.3, -0.25) is 0 Å². The maximum absolute atomic E-state index is 5.51. The van der Waals surface area contributed by atoms with Crippen molar-refractivity contribution in [3.63, 3.8) is 0 Å². The highest BCUT2D eigenvalue weighted by Gasteiger charge is 2.17. The lowest BCUT2D eigenvalue weighted by atomic mass is 10.0. The van der Waals surface area contributed by atoms with E-state index in [2.05, 4.69) is 15.2 Å². The topological polar surface area (TPSA) is 46.6 Å². The highest BCUT2D eigenvalue weighted by Crippen LogP contribution is 2.32. The van der Waals surface area contributed by atoms with Crippen LogP contribution in [0.4, 0.5) is 11.4 Å². The van der Waals surface area contributed by atoms with Crippen LogP contribution in [-0.4, -0.2) is 45.9 Å². The minimum absolute atomic E-state index is 0.564. The van der Waals surface area contributed by atoms with Gasteiger partial charge in [-0.25, -0.2) is 4.98 Å². The van der Waals surface area contributed by atoms with E-state index < -0.39 is 0 Å². The Hall–Kier alpha value is -1.49. The standard InChI is InChI=1S/C14H23N3O2/c1-17(2)12-6-7-15-14(18-3)13(12)16-9-11-5-4-8-19-10-11/h6-7,11,16H,4-5,8-10H2,1-3H3. The number of hydrogen-bond acceptors (Lipinski definition) is 5. The van der Waals surface area contributed by atoms with Gasteiger partial charge in [0.1, 0.15) is 5.69 Å². The number of anilines is 2. The zero-order valence-electron chi connectivity index (χ0n) is 12.0. The van der Waals surface area contributed by atoms with E-state index in [1.165, 1.54) is 6.42 Å². The van der Waals surface area contributed by atoms with Gasteiger partial charge in [-0.2, -0.15) is 0 Å². The van der Waals surface area contributed by atoms with Crippen LogP contribution in [0.2, 0.25) is 0 Å². The van der Waals surface area contributed by atoms with Crippen molar-refractivity contribution in [2.45, 2.75) is 12.8 Å². The average molecular weight is 265 g/mol. The number of rotatable bonds is 5. The fraction of sp³-hybridized carbons (Fsp3) is 0.643. The van der Waals surface area contributed by atoms with Crippen LogP contribution in [0.5, 0.6) is 5.88 Å². The molecule has 0 saturated carbocycles. The zero-order valence-corrected chi connectivity index (χ0v) is 12.0. The summed E-state index contributed by atoms with van der Waals surface area (Å²) in [5.41, 5.74) is 2.05. The quantitative estimate of drug-likeness (QED) is 0.882. The highest BCUT2D eigenvalue weighted by atomic mass is 16.5. The second kappa shape index (κ2) is 6.61. The van der Waals surface area contributed by atoms with Crippen LogP contribution >= 0.6 is 0 Å². The SMILES string of the molecule is COc1nccc(N(C)C)c1NCC1CCCOC1. The number of nitrogens with zero attached hydrogens (tertiary/aromatic N) is 2. The predicted molar refractivity (Wildman–Crippen MR) is 77.1 cm³/mol.